The quantitative estimate of drug-likeness (QED) is 0.477. The van der Waals surface area contributed by atoms with Gasteiger partial charge in [0.1, 0.15) is 0 Å². The Bertz CT molecular complexity index is 882. The topological polar surface area (TPSA) is 33.6 Å². The van der Waals surface area contributed by atoms with Crippen molar-refractivity contribution in [2.75, 3.05) is 0 Å². The Labute approximate surface area is 135 Å². The van der Waals surface area contributed by atoms with E-state index in [2.05, 4.69) is 9.97 Å². The number of imidazole rings is 1. The first-order valence-corrected chi connectivity index (χ1v) is 7.24. The monoisotopic (exact) mass is 343 g/mol. The fraction of sp³-hybridized carbons (Fsp3) is 0.0769. The van der Waals surface area contributed by atoms with Crippen molar-refractivity contribution in [1.82, 2.24) is 14.5 Å². The van der Waals surface area contributed by atoms with E-state index in [1.165, 1.54) is 0 Å². The minimum atomic E-state index is 0.399. The van der Waals surface area contributed by atoms with E-state index >= 15 is 0 Å². The number of nitrogens with one attached hydrogen (secondary N) is 1. The Hall–Kier alpha value is -1.07. The Morgan fingerprint density at radius 3 is 2.60 bits per heavy atom. The van der Waals surface area contributed by atoms with Crippen molar-refractivity contribution in [1.29, 1.82) is 0 Å². The second-order valence-electron chi connectivity index (χ2n) is 4.31. The molecule has 0 amide bonds. The van der Waals surface area contributed by atoms with Gasteiger partial charge < -0.3 is 4.98 Å². The highest BCUT2D eigenvalue weighted by Gasteiger charge is 2.14. The summed E-state index contributed by atoms with van der Waals surface area (Å²) in [5.74, 6) is 0. The van der Waals surface area contributed by atoms with Crippen LogP contribution in [-0.4, -0.2) is 14.5 Å². The van der Waals surface area contributed by atoms with Gasteiger partial charge in [0, 0.05) is 6.20 Å². The average molecular weight is 345 g/mol. The van der Waals surface area contributed by atoms with Gasteiger partial charge in [-0.25, -0.2) is 4.98 Å². The van der Waals surface area contributed by atoms with Gasteiger partial charge in [-0.15, -0.1) is 0 Å². The molecule has 0 aliphatic heterocycles. The highest BCUT2D eigenvalue weighted by atomic mass is 35.5. The molecule has 0 fully saturated rings. The molecule has 3 aromatic rings. The van der Waals surface area contributed by atoms with E-state index in [1.54, 1.807) is 22.9 Å². The van der Waals surface area contributed by atoms with Gasteiger partial charge in [0.05, 0.1) is 26.3 Å². The molecular weight excluding hydrogens is 337 g/mol. The molecule has 0 spiro atoms. The maximum atomic E-state index is 6.25. The molecule has 0 saturated heterocycles. The maximum absolute atomic E-state index is 6.25. The number of aromatic amines is 1. The third-order valence-electron chi connectivity index (χ3n) is 3.02. The summed E-state index contributed by atoms with van der Waals surface area (Å²) < 4.78 is 2.25. The summed E-state index contributed by atoms with van der Waals surface area (Å²) in [4.78, 5) is 7.50. The summed E-state index contributed by atoms with van der Waals surface area (Å²) in [6.45, 7) is 1.98. The molecule has 1 N–H and O–H groups in total. The van der Waals surface area contributed by atoms with Crippen molar-refractivity contribution < 1.29 is 0 Å². The molecule has 3 nitrogen and oxygen atoms in total. The van der Waals surface area contributed by atoms with Crippen LogP contribution in [0.4, 0.5) is 0 Å². The third-order valence-corrected chi connectivity index (χ3v) is 4.33. The Morgan fingerprint density at radius 2 is 1.85 bits per heavy atom. The van der Waals surface area contributed by atoms with E-state index in [1.807, 2.05) is 13.0 Å². The number of pyridine rings is 1. The molecule has 0 aliphatic rings. The maximum Gasteiger partial charge on any atom is 0.184 e. The lowest BCUT2D eigenvalue weighted by Gasteiger charge is -2.08. The predicted molar refractivity (Wildman–Crippen MR) is 86.0 cm³/mol. The Morgan fingerprint density at radius 1 is 1.15 bits per heavy atom. The number of aromatic nitrogens is 3. The van der Waals surface area contributed by atoms with Gasteiger partial charge >= 0.3 is 0 Å². The fourth-order valence-electron chi connectivity index (χ4n) is 2.03. The summed E-state index contributed by atoms with van der Waals surface area (Å²) in [5.41, 5.74) is 3.28. The van der Waals surface area contributed by atoms with Crippen LogP contribution in [-0.2, 0) is 0 Å². The highest BCUT2D eigenvalue weighted by molar-refractivity contribution is 7.71. The van der Waals surface area contributed by atoms with Crippen molar-refractivity contribution in [2.45, 2.75) is 6.92 Å². The van der Waals surface area contributed by atoms with Gasteiger partial charge in [-0.3, -0.25) is 4.57 Å². The zero-order valence-corrected chi connectivity index (χ0v) is 13.3. The average Bonchev–Trinajstić information content (AvgIpc) is 2.72. The number of hydrogen-bond acceptors (Lipinski definition) is 2. The molecule has 3 rings (SSSR count). The van der Waals surface area contributed by atoms with E-state index in [-0.39, 0.29) is 0 Å². The number of halogens is 3. The molecule has 0 bridgehead atoms. The van der Waals surface area contributed by atoms with Crippen LogP contribution in [0, 0.1) is 11.7 Å². The highest BCUT2D eigenvalue weighted by Crippen LogP contribution is 2.33. The molecule has 0 aliphatic carbocycles. The van der Waals surface area contributed by atoms with E-state index in [9.17, 15) is 0 Å². The lowest BCUT2D eigenvalue weighted by Crippen LogP contribution is -1.97. The van der Waals surface area contributed by atoms with Crippen LogP contribution in [0.25, 0.3) is 16.9 Å². The Balaban J connectivity index is 2.41. The van der Waals surface area contributed by atoms with Crippen LogP contribution in [0.15, 0.2) is 24.4 Å². The van der Waals surface area contributed by atoms with Gasteiger partial charge in [0.25, 0.3) is 0 Å². The zero-order chi connectivity index (χ0) is 14.4. The van der Waals surface area contributed by atoms with Gasteiger partial charge in [0.2, 0.25) is 0 Å². The zero-order valence-electron chi connectivity index (χ0n) is 10.2. The minimum Gasteiger partial charge on any atom is -0.329 e. The predicted octanol–water partition coefficient (Wildman–Crippen LogP) is 5.35. The van der Waals surface area contributed by atoms with Gasteiger partial charge in [-0.1, -0.05) is 34.8 Å². The molecule has 1 aromatic carbocycles. The molecule has 20 heavy (non-hydrogen) atoms. The fourth-order valence-corrected chi connectivity index (χ4v) is 2.95. The second kappa shape index (κ2) is 5.04. The molecule has 0 radical (unpaired) electrons. The van der Waals surface area contributed by atoms with Crippen molar-refractivity contribution in [3.05, 3.63) is 49.8 Å². The standard InChI is InChI=1S/C13H8Cl3N3S/c1-6-2-3-17-12-11(6)18-13(20)19(12)10-5-8(15)7(14)4-9(10)16/h2-5H,1H3,(H,18,20). The molecule has 0 saturated carbocycles. The van der Waals surface area contributed by atoms with E-state index in [0.29, 0.717) is 31.2 Å². The van der Waals surface area contributed by atoms with Crippen LogP contribution in [0.1, 0.15) is 5.56 Å². The van der Waals surface area contributed by atoms with Crippen molar-refractivity contribution >= 4 is 58.2 Å². The SMILES string of the molecule is Cc1ccnc2c1[nH]c(=S)n2-c1cc(Cl)c(Cl)cc1Cl. The van der Waals surface area contributed by atoms with Gasteiger partial charge in [-0.05, 0) is 42.9 Å². The van der Waals surface area contributed by atoms with Crippen LogP contribution in [0.2, 0.25) is 15.1 Å². The molecular formula is C13H8Cl3N3S. The van der Waals surface area contributed by atoms with E-state index in [4.69, 9.17) is 47.0 Å². The number of rotatable bonds is 1. The number of benzene rings is 1. The van der Waals surface area contributed by atoms with E-state index in [0.717, 1.165) is 11.1 Å². The first-order valence-electron chi connectivity index (χ1n) is 5.70. The van der Waals surface area contributed by atoms with Crippen LogP contribution in [0.5, 0.6) is 0 Å². The third kappa shape index (κ3) is 2.13. The Kier molecular flexibility index (Phi) is 3.50. The molecule has 7 heteroatoms. The molecule has 2 heterocycles. The van der Waals surface area contributed by atoms with Crippen molar-refractivity contribution in [3.8, 4) is 5.69 Å². The van der Waals surface area contributed by atoms with Crippen LogP contribution < -0.4 is 0 Å². The summed E-state index contributed by atoms with van der Waals surface area (Å²) in [7, 11) is 0. The van der Waals surface area contributed by atoms with Crippen molar-refractivity contribution in [2.24, 2.45) is 0 Å². The molecule has 0 atom stereocenters. The molecule has 2 aromatic heterocycles. The second-order valence-corrected chi connectivity index (χ2v) is 5.92. The van der Waals surface area contributed by atoms with Crippen LogP contribution >= 0.6 is 47.0 Å². The summed E-state index contributed by atoms with van der Waals surface area (Å²) in [6.07, 6.45) is 1.72. The number of aryl methyl sites for hydroxylation is 1. The van der Waals surface area contributed by atoms with Gasteiger partial charge in [-0.2, -0.15) is 0 Å². The molecule has 102 valence electrons. The number of fused-ring (bicyclic) bond motifs is 1. The first-order chi connectivity index (χ1) is 9.49. The largest absolute Gasteiger partial charge is 0.329 e. The lowest BCUT2D eigenvalue weighted by molar-refractivity contribution is 1.04. The van der Waals surface area contributed by atoms with Gasteiger partial charge in [0.15, 0.2) is 10.4 Å². The molecule has 0 unspecified atom stereocenters. The lowest BCUT2D eigenvalue weighted by atomic mass is 10.2. The smallest absolute Gasteiger partial charge is 0.184 e. The summed E-state index contributed by atoms with van der Waals surface area (Å²) >= 11 is 23.6. The minimum absolute atomic E-state index is 0.399. The van der Waals surface area contributed by atoms with E-state index < -0.39 is 0 Å². The number of hydrogen-bond donors (Lipinski definition) is 1. The first kappa shape index (κ1) is 13.9. The number of nitrogens with zero attached hydrogens (tertiary/aromatic N) is 2. The summed E-state index contributed by atoms with van der Waals surface area (Å²) in [5, 5.41) is 1.27. The van der Waals surface area contributed by atoms with Crippen LogP contribution in [0.3, 0.4) is 0 Å². The van der Waals surface area contributed by atoms with Crippen molar-refractivity contribution in [3.63, 3.8) is 0 Å². The number of H-pyrrole nitrogens is 1. The normalized spacial score (nSPS) is 11.2. The summed E-state index contributed by atoms with van der Waals surface area (Å²) in [6, 6.07) is 5.19.